The van der Waals surface area contributed by atoms with E-state index in [-0.39, 0.29) is 53.0 Å². The second-order valence-electron chi connectivity index (χ2n) is 22.1. The number of alkyl carbamates (subject to hydrolysis) is 1. The van der Waals surface area contributed by atoms with Crippen molar-refractivity contribution in [1.82, 2.24) is 10.6 Å². The minimum absolute atomic E-state index is 0.0554. The van der Waals surface area contributed by atoms with Crippen LogP contribution in [0.5, 0.6) is 23.0 Å². The Labute approximate surface area is 427 Å². The zero-order valence-electron chi connectivity index (χ0n) is 46.4. The molecule has 7 N–H and O–H groups in total. The Kier molecular flexibility index (Phi) is 28.4. The first kappa shape index (κ1) is 65.2. The summed E-state index contributed by atoms with van der Waals surface area (Å²) in [6.07, 6.45) is 0.181. The van der Waals surface area contributed by atoms with E-state index >= 15 is 0 Å². The van der Waals surface area contributed by atoms with Gasteiger partial charge < -0.3 is 46.2 Å². The highest BCUT2D eigenvalue weighted by Gasteiger charge is 2.18. The summed E-state index contributed by atoms with van der Waals surface area (Å²) in [5.41, 5.74) is 14.5. The van der Waals surface area contributed by atoms with Crippen LogP contribution in [0.1, 0.15) is 159 Å². The largest absolute Gasteiger partial charge is 0.508 e. The van der Waals surface area contributed by atoms with E-state index in [1.54, 1.807) is 45.0 Å². The molecule has 4 aromatic carbocycles. The quantitative estimate of drug-likeness (QED) is 0.0665. The topological polar surface area (TPSA) is 202 Å². The van der Waals surface area contributed by atoms with Gasteiger partial charge in [0.25, 0.3) is 0 Å². The van der Waals surface area contributed by atoms with E-state index in [1.807, 2.05) is 72.8 Å². The number of hydrogen-bond donors (Lipinski definition) is 5. The van der Waals surface area contributed by atoms with Crippen LogP contribution in [0.4, 0.5) is 4.79 Å². The molecule has 0 aliphatic carbocycles. The minimum atomic E-state index is -0.556. The summed E-state index contributed by atoms with van der Waals surface area (Å²) in [5.74, 6) is 1.14. The third kappa shape index (κ3) is 30.6. The molecule has 0 fully saturated rings. The lowest BCUT2D eigenvalue weighted by molar-refractivity contribution is -0.135. The lowest BCUT2D eigenvalue weighted by Crippen LogP contribution is -2.34. The third-order valence-electron chi connectivity index (χ3n) is 9.82. The van der Waals surface area contributed by atoms with Gasteiger partial charge in [0, 0.05) is 25.7 Å². The van der Waals surface area contributed by atoms with Crippen LogP contribution in [0.2, 0.25) is 0 Å². The number of carbonyl (C=O) groups excluding carboxylic acids is 4. The number of nitrogens with two attached hydrogens (primary N) is 2. The maximum Gasteiger partial charge on any atom is 0.407 e. The SMILES string of the molecule is CC(C)(C)OC(=O)NCCC(=O)Oc1ccc(C(C)(C)C)cc1.CC(C)(C)c1ccc(O)cc1.CC(C)(C)c1ccc(OC(=O)CCN)cc1.CC(C)NCCC(=O)Oc1ccc(C(C)(C)C)cc1.CN. The van der Waals surface area contributed by atoms with Gasteiger partial charge in [0.05, 0.1) is 19.3 Å². The molecule has 0 aliphatic rings. The Hall–Kier alpha value is -5.76. The van der Waals surface area contributed by atoms with Gasteiger partial charge in [-0.3, -0.25) is 14.4 Å². The predicted molar refractivity (Wildman–Crippen MR) is 290 cm³/mol. The molecule has 0 saturated carbocycles. The molecular formula is C58H90N4O9. The number of ether oxygens (including phenoxy) is 4. The van der Waals surface area contributed by atoms with Crippen molar-refractivity contribution >= 4 is 24.0 Å². The van der Waals surface area contributed by atoms with Gasteiger partial charge in [0.1, 0.15) is 28.6 Å². The van der Waals surface area contributed by atoms with E-state index in [0.29, 0.717) is 48.6 Å². The molecule has 0 saturated heterocycles. The fourth-order valence-corrected chi connectivity index (χ4v) is 5.74. The van der Waals surface area contributed by atoms with E-state index in [2.05, 4.69) is 113 Å². The van der Waals surface area contributed by atoms with Gasteiger partial charge in [-0.15, -0.1) is 0 Å². The highest BCUT2D eigenvalue weighted by atomic mass is 16.6. The van der Waals surface area contributed by atoms with E-state index in [9.17, 15) is 19.2 Å². The number of phenols is 1. The molecule has 71 heavy (non-hydrogen) atoms. The van der Waals surface area contributed by atoms with Gasteiger partial charge in [-0.05, 0) is 120 Å². The van der Waals surface area contributed by atoms with Gasteiger partial charge in [0.15, 0.2) is 0 Å². The van der Waals surface area contributed by atoms with Crippen LogP contribution in [0, 0.1) is 0 Å². The summed E-state index contributed by atoms with van der Waals surface area (Å²) in [7, 11) is 1.50. The molecule has 0 unspecified atom stereocenters. The van der Waals surface area contributed by atoms with Crippen molar-refractivity contribution in [2.24, 2.45) is 11.5 Å². The van der Waals surface area contributed by atoms with Crippen molar-refractivity contribution in [3.63, 3.8) is 0 Å². The van der Waals surface area contributed by atoms with Crippen molar-refractivity contribution in [3.8, 4) is 23.0 Å². The van der Waals surface area contributed by atoms with Crippen molar-refractivity contribution in [2.75, 3.05) is 26.7 Å². The zero-order valence-corrected chi connectivity index (χ0v) is 46.4. The summed E-state index contributed by atoms with van der Waals surface area (Å²) in [6.45, 7) is 36.3. The Morgan fingerprint density at radius 2 is 0.761 bits per heavy atom. The number of phenolic OH excluding ortho intramolecular Hbond substituents is 1. The molecule has 0 atom stereocenters. The highest BCUT2D eigenvalue weighted by Crippen LogP contribution is 2.27. The Bertz CT molecular complexity index is 2130. The number of aromatic hydroxyl groups is 1. The van der Waals surface area contributed by atoms with Crippen molar-refractivity contribution in [3.05, 3.63) is 119 Å². The first-order valence-corrected chi connectivity index (χ1v) is 24.4. The van der Waals surface area contributed by atoms with Crippen LogP contribution in [-0.4, -0.2) is 67.4 Å². The van der Waals surface area contributed by atoms with Gasteiger partial charge in [-0.2, -0.15) is 0 Å². The van der Waals surface area contributed by atoms with Gasteiger partial charge in [-0.1, -0.05) is 145 Å². The van der Waals surface area contributed by atoms with E-state index in [1.165, 1.54) is 29.3 Å². The van der Waals surface area contributed by atoms with Crippen molar-refractivity contribution in [1.29, 1.82) is 0 Å². The monoisotopic (exact) mass is 987 g/mol. The molecular weight excluding hydrogens is 897 g/mol. The normalized spacial score (nSPS) is 11.3. The molecule has 0 heterocycles. The number of benzene rings is 4. The number of amides is 1. The molecule has 0 spiro atoms. The molecule has 1 amide bonds. The first-order valence-electron chi connectivity index (χ1n) is 24.4. The van der Waals surface area contributed by atoms with Crippen LogP contribution < -0.4 is 36.3 Å². The lowest BCUT2D eigenvalue weighted by atomic mass is 9.87. The van der Waals surface area contributed by atoms with Crippen LogP contribution in [0.3, 0.4) is 0 Å². The number of esters is 3. The Balaban J connectivity index is 0.000000933. The molecule has 13 heteroatoms. The average Bonchev–Trinajstić information content (AvgIpc) is 3.24. The van der Waals surface area contributed by atoms with E-state index in [4.69, 9.17) is 29.8 Å². The standard InChI is InChI=1S/C18H27NO4.C16H25NO2.C13H19NO2.C10H14O.CH5N/c1-17(2,3)13-7-9-14(10-8-13)22-15(20)11-12-19-16(21)23-18(4,5)6;1-12(2)17-11-10-15(18)19-14-8-6-13(7-9-14)16(3,4)5;1-13(2,3)10-4-6-11(7-5-10)16-12(15)8-9-14;1-10(2,3)8-4-6-9(11)7-5-8;1-2/h7-10H,11-12H2,1-6H3,(H,19,21);6-9,12,17H,10-11H2,1-5H3;4-7H,8-9,14H2,1-3H3;4-7,11H,1-3H3;2H2,1H3. The summed E-state index contributed by atoms with van der Waals surface area (Å²) in [4.78, 5) is 46.0. The van der Waals surface area contributed by atoms with E-state index in [0.717, 1.165) is 0 Å². The maximum absolute atomic E-state index is 11.7. The Morgan fingerprint density at radius 1 is 0.479 bits per heavy atom. The zero-order chi connectivity index (χ0) is 54.8. The summed E-state index contributed by atoms with van der Waals surface area (Å²) in [5, 5.41) is 14.7. The predicted octanol–water partition coefficient (Wildman–Crippen LogP) is 11.6. The second-order valence-corrected chi connectivity index (χ2v) is 22.1. The molecule has 4 aromatic rings. The fourth-order valence-electron chi connectivity index (χ4n) is 5.74. The molecule has 396 valence electrons. The summed E-state index contributed by atoms with van der Waals surface area (Å²) < 4.78 is 20.7. The highest BCUT2D eigenvalue weighted by molar-refractivity contribution is 5.74. The van der Waals surface area contributed by atoms with Crippen molar-refractivity contribution in [2.45, 2.75) is 170 Å². The smallest absolute Gasteiger partial charge is 0.407 e. The van der Waals surface area contributed by atoms with Crippen LogP contribution >= 0.6 is 0 Å². The van der Waals surface area contributed by atoms with Crippen LogP contribution in [0.25, 0.3) is 0 Å². The molecule has 13 nitrogen and oxygen atoms in total. The molecule has 0 radical (unpaired) electrons. The van der Waals surface area contributed by atoms with Gasteiger partial charge in [0.2, 0.25) is 0 Å². The third-order valence-corrected chi connectivity index (χ3v) is 9.82. The number of hydrogen-bond acceptors (Lipinski definition) is 12. The fraction of sp³-hybridized carbons (Fsp3) is 0.517. The first-order chi connectivity index (χ1) is 32.7. The molecule has 0 aromatic heterocycles. The van der Waals surface area contributed by atoms with E-state index < -0.39 is 17.7 Å². The number of rotatable bonds is 12. The van der Waals surface area contributed by atoms with Gasteiger partial charge >= 0.3 is 24.0 Å². The maximum atomic E-state index is 11.7. The minimum Gasteiger partial charge on any atom is -0.508 e. The average molecular weight is 987 g/mol. The number of carbonyl (C=O) groups is 4. The molecule has 0 aliphatic heterocycles. The Morgan fingerprint density at radius 3 is 1.03 bits per heavy atom. The number of nitrogens with one attached hydrogen (secondary N) is 2. The summed E-state index contributed by atoms with van der Waals surface area (Å²) in [6, 6.07) is 30.5. The van der Waals surface area contributed by atoms with Crippen LogP contribution in [-0.2, 0) is 40.8 Å². The summed E-state index contributed by atoms with van der Waals surface area (Å²) >= 11 is 0. The second kappa shape index (κ2) is 30.9. The van der Waals surface area contributed by atoms with Crippen molar-refractivity contribution < 1.29 is 43.2 Å². The van der Waals surface area contributed by atoms with Crippen LogP contribution in [0.15, 0.2) is 97.1 Å². The van der Waals surface area contributed by atoms with Gasteiger partial charge in [-0.25, -0.2) is 4.79 Å². The molecule has 4 rings (SSSR count). The lowest BCUT2D eigenvalue weighted by Gasteiger charge is -2.19. The molecule has 0 bridgehead atoms.